The van der Waals surface area contributed by atoms with Gasteiger partial charge in [0.1, 0.15) is 11.2 Å². The van der Waals surface area contributed by atoms with Gasteiger partial charge in [0.15, 0.2) is 0 Å². The molecule has 1 amide bonds. The number of benzene rings is 1. The van der Waals surface area contributed by atoms with Gasteiger partial charge in [-0.05, 0) is 44.9 Å². The minimum Gasteiger partial charge on any atom is -0.350 e. The molecule has 9 nitrogen and oxygen atoms in total. The monoisotopic (exact) mass is 444 g/mol. The van der Waals surface area contributed by atoms with Crippen LogP contribution in [0.5, 0.6) is 0 Å². The van der Waals surface area contributed by atoms with Crippen LogP contribution in [0.4, 0.5) is 0 Å². The molecule has 1 saturated carbocycles. The molecular weight excluding hydrogens is 420 g/mol. The van der Waals surface area contributed by atoms with Crippen LogP contribution in [-0.2, 0) is 6.54 Å². The lowest BCUT2D eigenvalue weighted by atomic mass is 10.2. The second-order valence-corrected chi connectivity index (χ2v) is 8.44. The van der Waals surface area contributed by atoms with Crippen molar-refractivity contribution in [1.82, 2.24) is 29.9 Å². The Morgan fingerprint density at radius 1 is 1.09 bits per heavy atom. The first-order valence-electron chi connectivity index (χ1n) is 11.0. The highest BCUT2D eigenvalue weighted by Crippen LogP contribution is 2.38. The molecule has 0 unspecified atom stereocenters. The molecule has 3 aromatic heterocycles. The van der Waals surface area contributed by atoms with Gasteiger partial charge in [-0.2, -0.15) is 10.2 Å². The zero-order chi connectivity index (χ0) is 23.1. The van der Waals surface area contributed by atoms with Crippen LogP contribution in [0.25, 0.3) is 16.7 Å². The third-order valence-electron chi connectivity index (χ3n) is 5.90. The molecule has 0 aliphatic heterocycles. The van der Waals surface area contributed by atoms with Gasteiger partial charge in [0.25, 0.3) is 11.5 Å². The lowest BCUT2D eigenvalue weighted by Gasteiger charge is -2.08. The summed E-state index contributed by atoms with van der Waals surface area (Å²) in [5, 5.41) is 12.0. The van der Waals surface area contributed by atoms with Crippen LogP contribution in [0.15, 0.2) is 52.2 Å². The molecule has 1 fully saturated rings. The molecule has 9 heteroatoms. The number of fused-ring (bicyclic) bond motifs is 1. The fraction of sp³-hybridized carbons (Fsp3) is 0.292. The summed E-state index contributed by atoms with van der Waals surface area (Å²) in [6, 6.07) is 11.1. The number of carbonyl (C=O) groups is 1. The summed E-state index contributed by atoms with van der Waals surface area (Å²) in [4.78, 5) is 40.9. The quantitative estimate of drug-likeness (QED) is 0.473. The summed E-state index contributed by atoms with van der Waals surface area (Å²) in [5.41, 5.74) is 3.31. The number of rotatable bonds is 6. The fourth-order valence-electron chi connectivity index (χ4n) is 3.91. The number of aromatic nitrogens is 5. The number of carbonyl (C=O) groups excluding carboxylic acids is 1. The van der Waals surface area contributed by atoms with Gasteiger partial charge in [0.05, 0.1) is 29.0 Å². The predicted molar refractivity (Wildman–Crippen MR) is 124 cm³/mol. The van der Waals surface area contributed by atoms with Crippen molar-refractivity contribution in [3.05, 3.63) is 85.7 Å². The van der Waals surface area contributed by atoms with Crippen molar-refractivity contribution in [2.75, 3.05) is 6.54 Å². The van der Waals surface area contributed by atoms with E-state index in [0.29, 0.717) is 22.6 Å². The van der Waals surface area contributed by atoms with E-state index in [1.807, 2.05) is 31.2 Å². The number of aryl methyl sites for hydroxylation is 2. The normalized spacial score (nSPS) is 13.4. The maximum Gasteiger partial charge on any atom is 0.266 e. The Morgan fingerprint density at radius 2 is 1.85 bits per heavy atom. The standard InChI is InChI=1S/C24H24N6O3/c1-14-3-7-17(8-4-14)30-23-21(15(2)27-30)22(32)18(13-26-23)24(33)25-11-12-29-20(31)10-9-19(28-29)16-5-6-16/h3-4,7-10,13,16H,5-6,11-12H2,1-2H3,(H,25,33)(H,26,32). The van der Waals surface area contributed by atoms with Gasteiger partial charge in [0, 0.05) is 24.7 Å². The molecular formula is C24H24N6O3. The highest BCUT2D eigenvalue weighted by Gasteiger charge is 2.25. The summed E-state index contributed by atoms with van der Waals surface area (Å²) in [6.07, 6.45) is 3.59. The third-order valence-corrected chi connectivity index (χ3v) is 5.90. The summed E-state index contributed by atoms with van der Waals surface area (Å²) in [7, 11) is 0. The molecule has 1 aliphatic rings. The third kappa shape index (κ3) is 3.97. The zero-order valence-corrected chi connectivity index (χ0v) is 18.5. The highest BCUT2D eigenvalue weighted by molar-refractivity contribution is 5.97. The topological polar surface area (TPSA) is 115 Å². The number of pyridine rings is 1. The number of amides is 1. The molecule has 4 aromatic rings. The van der Waals surface area contributed by atoms with E-state index in [0.717, 1.165) is 29.8 Å². The molecule has 0 spiro atoms. The molecule has 1 aliphatic carbocycles. The second kappa shape index (κ2) is 8.16. The van der Waals surface area contributed by atoms with E-state index in [-0.39, 0.29) is 29.6 Å². The molecule has 2 N–H and O–H groups in total. The van der Waals surface area contributed by atoms with Gasteiger partial charge >= 0.3 is 0 Å². The summed E-state index contributed by atoms with van der Waals surface area (Å²) < 4.78 is 3.02. The Labute approximate surface area is 189 Å². The second-order valence-electron chi connectivity index (χ2n) is 8.44. The van der Waals surface area contributed by atoms with Crippen molar-refractivity contribution >= 4 is 16.9 Å². The molecule has 0 saturated heterocycles. The molecule has 1 aromatic carbocycles. The van der Waals surface area contributed by atoms with Crippen molar-refractivity contribution in [1.29, 1.82) is 0 Å². The maximum absolute atomic E-state index is 13.1. The average molecular weight is 444 g/mol. The van der Waals surface area contributed by atoms with Crippen LogP contribution < -0.4 is 16.3 Å². The minimum atomic E-state index is -0.507. The van der Waals surface area contributed by atoms with Crippen LogP contribution >= 0.6 is 0 Å². The van der Waals surface area contributed by atoms with E-state index in [2.05, 4.69) is 20.5 Å². The molecule has 33 heavy (non-hydrogen) atoms. The van der Waals surface area contributed by atoms with Crippen molar-refractivity contribution in [3.8, 4) is 5.69 Å². The Balaban J connectivity index is 1.36. The first-order chi connectivity index (χ1) is 15.9. The van der Waals surface area contributed by atoms with Crippen LogP contribution in [0, 0.1) is 13.8 Å². The number of aromatic amines is 1. The van der Waals surface area contributed by atoms with Crippen molar-refractivity contribution in [3.63, 3.8) is 0 Å². The van der Waals surface area contributed by atoms with Gasteiger partial charge in [-0.1, -0.05) is 17.7 Å². The Bertz CT molecular complexity index is 1480. The number of nitrogens with one attached hydrogen (secondary N) is 2. The van der Waals surface area contributed by atoms with Crippen molar-refractivity contribution < 1.29 is 4.79 Å². The molecule has 0 atom stereocenters. The number of H-pyrrole nitrogens is 1. The van der Waals surface area contributed by atoms with E-state index in [1.54, 1.807) is 17.7 Å². The lowest BCUT2D eigenvalue weighted by Crippen LogP contribution is -2.34. The van der Waals surface area contributed by atoms with Gasteiger partial charge < -0.3 is 10.3 Å². The van der Waals surface area contributed by atoms with E-state index in [1.165, 1.54) is 16.9 Å². The number of nitrogens with zero attached hydrogens (tertiary/aromatic N) is 4. The zero-order valence-electron chi connectivity index (χ0n) is 18.5. The summed E-state index contributed by atoms with van der Waals surface area (Å²) >= 11 is 0. The Kier molecular flexibility index (Phi) is 5.16. The first-order valence-corrected chi connectivity index (χ1v) is 11.0. The van der Waals surface area contributed by atoms with Crippen LogP contribution in [0.1, 0.15) is 46.1 Å². The molecule has 168 valence electrons. The summed E-state index contributed by atoms with van der Waals surface area (Å²) in [5.74, 6) is -0.0761. The Morgan fingerprint density at radius 3 is 2.58 bits per heavy atom. The van der Waals surface area contributed by atoms with Crippen molar-refractivity contribution in [2.24, 2.45) is 0 Å². The van der Waals surface area contributed by atoms with Gasteiger partial charge in [-0.3, -0.25) is 14.4 Å². The predicted octanol–water partition coefficient (Wildman–Crippen LogP) is 2.19. The molecule has 5 rings (SSSR count). The maximum atomic E-state index is 13.1. The largest absolute Gasteiger partial charge is 0.350 e. The first kappa shape index (κ1) is 20.9. The van der Waals surface area contributed by atoms with E-state index < -0.39 is 5.91 Å². The lowest BCUT2D eigenvalue weighted by molar-refractivity contribution is 0.0950. The van der Waals surface area contributed by atoms with Crippen LogP contribution in [-0.4, -0.2) is 37.0 Å². The average Bonchev–Trinajstić information content (AvgIpc) is 3.59. The van der Waals surface area contributed by atoms with Crippen LogP contribution in [0.2, 0.25) is 0 Å². The van der Waals surface area contributed by atoms with Gasteiger partial charge in [0.2, 0.25) is 5.43 Å². The van der Waals surface area contributed by atoms with Gasteiger partial charge in [-0.15, -0.1) is 0 Å². The fourth-order valence-corrected chi connectivity index (χ4v) is 3.91. The molecule has 0 radical (unpaired) electrons. The minimum absolute atomic E-state index is 0.00101. The molecule has 0 bridgehead atoms. The number of hydrogen-bond donors (Lipinski definition) is 2. The number of hydrogen-bond acceptors (Lipinski definition) is 5. The van der Waals surface area contributed by atoms with Crippen molar-refractivity contribution in [2.45, 2.75) is 39.2 Å². The SMILES string of the molecule is Cc1ccc(-n2nc(C)c3c(=O)c(C(=O)NCCn4nc(C5CC5)ccc4=O)c[nH]c32)cc1. The van der Waals surface area contributed by atoms with Gasteiger partial charge in [-0.25, -0.2) is 9.36 Å². The van der Waals surface area contributed by atoms with E-state index >= 15 is 0 Å². The smallest absolute Gasteiger partial charge is 0.266 e. The highest BCUT2D eigenvalue weighted by atomic mass is 16.2. The van der Waals surface area contributed by atoms with E-state index in [4.69, 9.17) is 0 Å². The van der Waals surface area contributed by atoms with E-state index in [9.17, 15) is 14.4 Å². The summed E-state index contributed by atoms with van der Waals surface area (Å²) in [6.45, 7) is 4.16. The van der Waals surface area contributed by atoms with Crippen LogP contribution in [0.3, 0.4) is 0 Å². The molecule has 3 heterocycles. The Hall–Kier alpha value is -4.01.